The Balaban J connectivity index is 1.53. The Morgan fingerprint density at radius 2 is 1.94 bits per heavy atom. The van der Waals surface area contributed by atoms with Gasteiger partial charge >= 0.3 is 5.97 Å². The van der Waals surface area contributed by atoms with Crippen LogP contribution in [0.4, 0.5) is 0 Å². The van der Waals surface area contributed by atoms with Crippen molar-refractivity contribution < 1.29 is 24.3 Å². The van der Waals surface area contributed by atoms with Crippen molar-refractivity contribution in [2.45, 2.75) is 24.4 Å². The molecule has 0 saturated carbocycles. The zero-order valence-electron chi connectivity index (χ0n) is 17.0. The molecule has 0 spiro atoms. The lowest BCUT2D eigenvalue weighted by Crippen LogP contribution is -2.71. The Morgan fingerprint density at radius 3 is 2.59 bits per heavy atom. The minimum absolute atomic E-state index is 0.0336. The van der Waals surface area contributed by atoms with Gasteiger partial charge in [-0.2, -0.15) is 0 Å². The maximum Gasteiger partial charge on any atom is 0.352 e. The van der Waals surface area contributed by atoms with Gasteiger partial charge in [-0.1, -0.05) is 30.3 Å². The van der Waals surface area contributed by atoms with Crippen molar-refractivity contribution in [1.29, 1.82) is 0 Å². The second-order valence-electron chi connectivity index (χ2n) is 7.39. The number of benzene rings is 1. The zero-order valence-corrected chi connectivity index (χ0v) is 17.8. The highest BCUT2D eigenvalue weighted by molar-refractivity contribution is 8.00. The number of nitrogens with zero attached hydrogens (tertiary/aromatic N) is 2. The molecule has 2 aliphatic rings. The van der Waals surface area contributed by atoms with Gasteiger partial charge in [-0.05, 0) is 30.2 Å². The number of carbonyl (C=O) groups is 4. The number of fused-ring (bicyclic) bond motifs is 1. The predicted octanol–water partition coefficient (Wildman–Crippen LogP) is 1.31. The fraction of sp³-hybridized carbons (Fsp3) is 0.227. The molecule has 32 heavy (non-hydrogen) atoms. The maximum absolute atomic E-state index is 13.2. The van der Waals surface area contributed by atoms with E-state index in [0.29, 0.717) is 22.5 Å². The van der Waals surface area contributed by atoms with E-state index in [4.69, 9.17) is 0 Å². The molecule has 0 bridgehead atoms. The van der Waals surface area contributed by atoms with Gasteiger partial charge in [-0.25, -0.2) is 4.79 Å². The number of amides is 3. The Labute approximate surface area is 187 Å². The molecule has 1 fully saturated rings. The number of hydrogen-bond donors (Lipinski definition) is 3. The van der Waals surface area contributed by atoms with Gasteiger partial charge in [0, 0.05) is 18.1 Å². The minimum atomic E-state index is -1.17. The smallest absolute Gasteiger partial charge is 0.352 e. The van der Waals surface area contributed by atoms with Gasteiger partial charge in [-0.15, -0.1) is 11.8 Å². The highest BCUT2D eigenvalue weighted by Gasteiger charge is 2.54. The Bertz CT molecular complexity index is 1110. The number of β-lactam (4-membered cyclic amide) rings is 1. The van der Waals surface area contributed by atoms with E-state index < -0.39 is 41.1 Å². The van der Waals surface area contributed by atoms with Crippen LogP contribution in [0.1, 0.15) is 28.9 Å². The molecular formula is C22H20N4O5S. The van der Waals surface area contributed by atoms with Crippen molar-refractivity contribution in [3.05, 3.63) is 77.3 Å². The molecule has 4 rings (SSSR count). The predicted molar refractivity (Wildman–Crippen MR) is 116 cm³/mol. The first kappa shape index (κ1) is 21.6. The molecule has 2 aromatic rings. The molecule has 9 nitrogen and oxygen atoms in total. The van der Waals surface area contributed by atoms with Gasteiger partial charge in [0.05, 0.1) is 5.56 Å². The summed E-state index contributed by atoms with van der Waals surface area (Å²) in [6, 6.07) is 9.94. The number of carboxylic acid groups (broad SMARTS) is 1. The summed E-state index contributed by atoms with van der Waals surface area (Å²) >= 11 is 1.39. The summed E-state index contributed by atoms with van der Waals surface area (Å²) in [5.74, 6) is -2.25. The molecule has 3 atom stereocenters. The minimum Gasteiger partial charge on any atom is -0.477 e. The highest BCUT2D eigenvalue weighted by Crippen LogP contribution is 2.40. The third kappa shape index (κ3) is 3.96. The fourth-order valence-corrected chi connectivity index (χ4v) is 4.96. The molecular weight excluding hydrogens is 432 g/mol. The SMILES string of the molecule is CC1=C(C(=O)O)N2C(=O)C(NC(=O)C(NC(=O)c3cccnc3)c3ccccc3)[C@@H]2SC1. The van der Waals surface area contributed by atoms with Crippen LogP contribution >= 0.6 is 11.8 Å². The van der Waals surface area contributed by atoms with Crippen LogP contribution in [0.25, 0.3) is 0 Å². The lowest BCUT2D eigenvalue weighted by molar-refractivity contribution is -0.151. The molecule has 164 valence electrons. The van der Waals surface area contributed by atoms with E-state index in [1.807, 2.05) is 0 Å². The molecule has 1 aromatic carbocycles. The molecule has 10 heteroatoms. The summed E-state index contributed by atoms with van der Waals surface area (Å²) in [7, 11) is 0. The van der Waals surface area contributed by atoms with E-state index in [2.05, 4.69) is 15.6 Å². The number of aliphatic carboxylic acids is 1. The van der Waals surface area contributed by atoms with Crippen LogP contribution in [-0.2, 0) is 14.4 Å². The van der Waals surface area contributed by atoms with Crippen LogP contribution in [-0.4, -0.2) is 55.8 Å². The number of thioether (sulfide) groups is 1. The number of nitrogens with one attached hydrogen (secondary N) is 2. The molecule has 0 radical (unpaired) electrons. The van der Waals surface area contributed by atoms with Crippen LogP contribution in [0, 0.1) is 0 Å². The van der Waals surface area contributed by atoms with E-state index in [1.165, 1.54) is 29.1 Å². The Hall–Kier alpha value is -3.66. The standard InChI is InChI=1S/C22H20N4O5S/c1-12-11-32-21-16(20(29)26(21)17(12)22(30)31)25-19(28)15(13-6-3-2-4-7-13)24-18(27)14-8-5-9-23-10-14/h2-10,15-16,21H,11H2,1H3,(H,24,27)(H,25,28)(H,30,31)/t15?,16?,21-/m0/s1. The van der Waals surface area contributed by atoms with Gasteiger partial charge < -0.3 is 15.7 Å². The monoisotopic (exact) mass is 452 g/mol. The van der Waals surface area contributed by atoms with E-state index in [1.54, 1.807) is 49.4 Å². The summed E-state index contributed by atoms with van der Waals surface area (Å²) in [6.45, 7) is 1.67. The van der Waals surface area contributed by atoms with Crippen molar-refractivity contribution in [3.8, 4) is 0 Å². The quantitative estimate of drug-likeness (QED) is 0.564. The number of aromatic nitrogens is 1. The average molecular weight is 452 g/mol. The number of hydrogen-bond acceptors (Lipinski definition) is 6. The number of pyridine rings is 1. The van der Waals surface area contributed by atoms with E-state index in [9.17, 15) is 24.3 Å². The molecule has 1 saturated heterocycles. The lowest BCUT2D eigenvalue weighted by atomic mass is 10.0. The molecule has 1 aromatic heterocycles. The number of rotatable bonds is 6. The van der Waals surface area contributed by atoms with E-state index in [0.717, 1.165) is 0 Å². The molecule has 0 aliphatic carbocycles. The Kier molecular flexibility index (Phi) is 5.95. The lowest BCUT2D eigenvalue weighted by Gasteiger charge is -2.49. The van der Waals surface area contributed by atoms with Crippen molar-refractivity contribution in [2.75, 3.05) is 5.75 Å². The first-order valence-corrected chi connectivity index (χ1v) is 10.9. The molecule has 2 aliphatic heterocycles. The van der Waals surface area contributed by atoms with Gasteiger partial charge in [0.25, 0.3) is 11.8 Å². The summed E-state index contributed by atoms with van der Waals surface area (Å²) in [4.78, 5) is 55.2. The summed E-state index contributed by atoms with van der Waals surface area (Å²) in [6.07, 6.45) is 2.93. The van der Waals surface area contributed by atoms with Crippen LogP contribution in [0.5, 0.6) is 0 Å². The first-order valence-electron chi connectivity index (χ1n) is 9.82. The van der Waals surface area contributed by atoms with Crippen LogP contribution in [0.15, 0.2) is 66.1 Å². The number of carboxylic acids is 1. The second-order valence-corrected chi connectivity index (χ2v) is 8.49. The second kappa shape index (κ2) is 8.83. The molecule has 3 N–H and O–H groups in total. The normalized spacial score (nSPS) is 20.7. The number of carbonyl (C=O) groups excluding carboxylic acids is 3. The van der Waals surface area contributed by atoms with Gasteiger partial charge in [0.15, 0.2) is 0 Å². The summed E-state index contributed by atoms with van der Waals surface area (Å²) in [5, 5.41) is 14.3. The summed E-state index contributed by atoms with van der Waals surface area (Å²) in [5.41, 5.74) is 1.40. The zero-order chi connectivity index (χ0) is 22.8. The largest absolute Gasteiger partial charge is 0.477 e. The summed E-state index contributed by atoms with van der Waals surface area (Å²) < 4.78 is 0. The van der Waals surface area contributed by atoms with Crippen LogP contribution in [0.3, 0.4) is 0 Å². The van der Waals surface area contributed by atoms with Gasteiger partial charge in [0.2, 0.25) is 5.91 Å². The van der Waals surface area contributed by atoms with Crippen LogP contribution in [0.2, 0.25) is 0 Å². The van der Waals surface area contributed by atoms with E-state index in [-0.39, 0.29) is 5.70 Å². The average Bonchev–Trinajstić information content (AvgIpc) is 2.81. The van der Waals surface area contributed by atoms with E-state index >= 15 is 0 Å². The Morgan fingerprint density at radius 1 is 1.19 bits per heavy atom. The van der Waals surface area contributed by atoms with Gasteiger partial charge in [-0.3, -0.25) is 24.3 Å². The molecule has 3 amide bonds. The van der Waals surface area contributed by atoms with Gasteiger partial charge in [0.1, 0.15) is 23.2 Å². The fourth-order valence-electron chi connectivity index (χ4n) is 3.67. The van der Waals surface area contributed by atoms with Crippen LogP contribution < -0.4 is 10.6 Å². The van der Waals surface area contributed by atoms with Crippen molar-refractivity contribution >= 4 is 35.5 Å². The van der Waals surface area contributed by atoms with Crippen molar-refractivity contribution in [3.63, 3.8) is 0 Å². The molecule has 3 heterocycles. The van der Waals surface area contributed by atoms with Crippen molar-refractivity contribution in [1.82, 2.24) is 20.5 Å². The first-order chi connectivity index (χ1) is 15.4. The molecule has 2 unspecified atom stereocenters. The third-order valence-electron chi connectivity index (χ3n) is 5.25. The maximum atomic E-state index is 13.2. The van der Waals surface area contributed by atoms with Crippen molar-refractivity contribution in [2.24, 2.45) is 0 Å². The highest BCUT2D eigenvalue weighted by atomic mass is 32.2. The third-order valence-corrected chi connectivity index (χ3v) is 6.68. The topological polar surface area (TPSA) is 129 Å².